The van der Waals surface area contributed by atoms with E-state index in [2.05, 4.69) is 0 Å². The fourth-order valence-corrected chi connectivity index (χ4v) is 3.70. The molecule has 3 aromatic carbocycles. The summed E-state index contributed by atoms with van der Waals surface area (Å²) < 4.78 is 5.91. The zero-order valence-electron chi connectivity index (χ0n) is 14.8. The SMILES string of the molecule is Cc1c(C(=O)c2ccc(Cl)cc2Cl)oc2cc(-c3cccc(C=O)c3)ccc12. The molecule has 0 amide bonds. The summed E-state index contributed by atoms with van der Waals surface area (Å²) in [7, 11) is 0. The predicted octanol–water partition coefficient (Wildman–Crippen LogP) is 6.76. The molecular weight excluding hydrogens is 395 g/mol. The van der Waals surface area contributed by atoms with Crippen LogP contribution in [0.2, 0.25) is 10.0 Å². The molecule has 0 aliphatic heterocycles. The van der Waals surface area contributed by atoms with Crippen molar-refractivity contribution in [2.75, 3.05) is 0 Å². The smallest absolute Gasteiger partial charge is 0.229 e. The maximum atomic E-state index is 12.9. The first-order valence-electron chi connectivity index (χ1n) is 8.56. The van der Waals surface area contributed by atoms with Gasteiger partial charge in [-0.1, -0.05) is 53.5 Å². The number of rotatable bonds is 4. The van der Waals surface area contributed by atoms with Gasteiger partial charge in [-0.3, -0.25) is 9.59 Å². The number of hydrogen-bond donors (Lipinski definition) is 0. The van der Waals surface area contributed by atoms with Crippen molar-refractivity contribution in [2.45, 2.75) is 6.92 Å². The predicted molar refractivity (Wildman–Crippen MR) is 112 cm³/mol. The Balaban J connectivity index is 1.80. The van der Waals surface area contributed by atoms with Gasteiger partial charge in [0.05, 0.1) is 5.02 Å². The molecule has 0 fully saturated rings. The van der Waals surface area contributed by atoms with Crippen molar-refractivity contribution in [3.05, 3.63) is 93.2 Å². The lowest BCUT2D eigenvalue weighted by atomic mass is 10.0. The van der Waals surface area contributed by atoms with E-state index >= 15 is 0 Å². The van der Waals surface area contributed by atoms with E-state index in [-0.39, 0.29) is 16.6 Å². The maximum absolute atomic E-state index is 12.9. The number of carbonyl (C=O) groups excluding carboxylic acids is 2. The third-order valence-corrected chi connectivity index (χ3v) is 5.22. The highest BCUT2D eigenvalue weighted by Gasteiger charge is 2.21. The molecule has 28 heavy (non-hydrogen) atoms. The Kier molecular flexibility index (Phi) is 4.80. The molecule has 4 rings (SSSR count). The molecule has 5 heteroatoms. The molecule has 0 bridgehead atoms. The van der Waals surface area contributed by atoms with Crippen LogP contribution in [0.25, 0.3) is 22.1 Å². The summed E-state index contributed by atoms with van der Waals surface area (Å²) in [6, 6.07) is 17.8. The summed E-state index contributed by atoms with van der Waals surface area (Å²) in [5.41, 5.74) is 4.08. The van der Waals surface area contributed by atoms with Gasteiger partial charge in [-0.15, -0.1) is 0 Å². The average Bonchev–Trinajstić information content (AvgIpc) is 3.03. The first-order chi connectivity index (χ1) is 13.5. The second-order valence-electron chi connectivity index (χ2n) is 6.46. The summed E-state index contributed by atoms with van der Waals surface area (Å²) in [6.45, 7) is 1.84. The minimum Gasteiger partial charge on any atom is -0.452 e. The van der Waals surface area contributed by atoms with Crippen molar-refractivity contribution in [1.29, 1.82) is 0 Å². The van der Waals surface area contributed by atoms with Gasteiger partial charge in [0.15, 0.2) is 5.76 Å². The van der Waals surface area contributed by atoms with E-state index in [0.717, 1.165) is 28.4 Å². The van der Waals surface area contributed by atoms with Crippen LogP contribution in [0, 0.1) is 6.92 Å². The monoisotopic (exact) mass is 408 g/mol. The first-order valence-corrected chi connectivity index (χ1v) is 9.32. The van der Waals surface area contributed by atoms with Crippen LogP contribution in [0.5, 0.6) is 0 Å². The van der Waals surface area contributed by atoms with Crippen LogP contribution >= 0.6 is 23.2 Å². The third kappa shape index (κ3) is 3.24. The Bertz CT molecular complexity index is 1240. The number of benzene rings is 3. The van der Waals surface area contributed by atoms with Crippen molar-refractivity contribution in [1.82, 2.24) is 0 Å². The van der Waals surface area contributed by atoms with Crippen LogP contribution < -0.4 is 0 Å². The average molecular weight is 409 g/mol. The van der Waals surface area contributed by atoms with Gasteiger partial charge in [0.2, 0.25) is 5.78 Å². The molecule has 0 N–H and O–H groups in total. The van der Waals surface area contributed by atoms with E-state index in [1.807, 2.05) is 43.3 Å². The minimum absolute atomic E-state index is 0.248. The summed E-state index contributed by atoms with van der Waals surface area (Å²) in [6.07, 6.45) is 0.811. The Hall–Kier alpha value is -2.88. The Labute approximate surface area is 171 Å². The van der Waals surface area contributed by atoms with Crippen molar-refractivity contribution < 1.29 is 14.0 Å². The van der Waals surface area contributed by atoms with Gasteiger partial charge in [0, 0.05) is 27.1 Å². The standard InChI is InChI=1S/C23H14Cl2O3/c1-13-18-7-5-16(15-4-2-3-14(9-15)12-26)10-21(18)28-23(13)22(27)19-8-6-17(24)11-20(19)25/h2-12H,1H3. The first kappa shape index (κ1) is 18.5. The lowest BCUT2D eigenvalue weighted by Gasteiger charge is -2.02. The van der Waals surface area contributed by atoms with E-state index in [9.17, 15) is 9.59 Å². The molecule has 0 atom stereocenters. The summed E-state index contributed by atoms with van der Waals surface area (Å²) in [5.74, 6) is -0.0436. The van der Waals surface area contributed by atoms with Crippen LogP contribution in [-0.4, -0.2) is 12.1 Å². The van der Waals surface area contributed by atoms with Gasteiger partial charge in [-0.25, -0.2) is 0 Å². The zero-order chi connectivity index (χ0) is 19.8. The Morgan fingerprint density at radius 3 is 2.50 bits per heavy atom. The highest BCUT2D eigenvalue weighted by molar-refractivity contribution is 6.37. The number of aldehydes is 1. The van der Waals surface area contributed by atoms with Gasteiger partial charge in [0.1, 0.15) is 11.9 Å². The quantitative estimate of drug-likeness (QED) is 0.276. The lowest BCUT2D eigenvalue weighted by molar-refractivity contribution is 0.101. The number of carbonyl (C=O) groups is 2. The van der Waals surface area contributed by atoms with Gasteiger partial charge >= 0.3 is 0 Å². The van der Waals surface area contributed by atoms with Crippen LogP contribution in [0.1, 0.15) is 32.0 Å². The van der Waals surface area contributed by atoms with E-state index in [4.69, 9.17) is 27.6 Å². The molecule has 1 aromatic heterocycles. The second kappa shape index (κ2) is 7.27. The second-order valence-corrected chi connectivity index (χ2v) is 7.31. The van der Waals surface area contributed by atoms with Gasteiger partial charge < -0.3 is 4.42 Å². The fraction of sp³-hybridized carbons (Fsp3) is 0.0435. The zero-order valence-corrected chi connectivity index (χ0v) is 16.3. The van der Waals surface area contributed by atoms with E-state index in [1.54, 1.807) is 18.2 Å². The van der Waals surface area contributed by atoms with Gasteiger partial charge in [-0.05, 0) is 48.4 Å². The maximum Gasteiger partial charge on any atom is 0.229 e. The molecule has 1 heterocycles. The molecule has 138 valence electrons. The lowest BCUT2D eigenvalue weighted by Crippen LogP contribution is -2.02. The number of aryl methyl sites for hydroxylation is 1. The number of halogens is 2. The van der Waals surface area contributed by atoms with Crippen molar-refractivity contribution in [2.24, 2.45) is 0 Å². The van der Waals surface area contributed by atoms with E-state index in [1.165, 1.54) is 6.07 Å². The molecule has 0 saturated carbocycles. The fourth-order valence-electron chi connectivity index (χ4n) is 3.21. The normalized spacial score (nSPS) is 11.0. The third-order valence-electron chi connectivity index (χ3n) is 4.68. The van der Waals surface area contributed by atoms with Gasteiger partial charge in [-0.2, -0.15) is 0 Å². The Morgan fingerprint density at radius 2 is 1.75 bits per heavy atom. The Morgan fingerprint density at radius 1 is 0.964 bits per heavy atom. The van der Waals surface area contributed by atoms with Crippen molar-refractivity contribution in [3.8, 4) is 11.1 Å². The summed E-state index contributed by atoms with van der Waals surface area (Å²) >= 11 is 12.1. The van der Waals surface area contributed by atoms with Crippen LogP contribution in [-0.2, 0) is 0 Å². The number of ketones is 1. The highest BCUT2D eigenvalue weighted by atomic mass is 35.5. The number of hydrogen-bond acceptors (Lipinski definition) is 3. The molecule has 0 aliphatic carbocycles. The number of fused-ring (bicyclic) bond motifs is 1. The minimum atomic E-state index is -0.292. The number of furan rings is 1. The van der Waals surface area contributed by atoms with Gasteiger partial charge in [0.25, 0.3) is 0 Å². The van der Waals surface area contributed by atoms with Crippen molar-refractivity contribution >= 4 is 46.2 Å². The summed E-state index contributed by atoms with van der Waals surface area (Å²) in [5, 5.41) is 1.59. The molecule has 4 aromatic rings. The summed E-state index contributed by atoms with van der Waals surface area (Å²) in [4.78, 5) is 24.0. The topological polar surface area (TPSA) is 47.3 Å². The molecule has 0 spiro atoms. The molecule has 0 unspecified atom stereocenters. The molecule has 0 radical (unpaired) electrons. The largest absolute Gasteiger partial charge is 0.452 e. The van der Waals surface area contributed by atoms with Crippen molar-refractivity contribution in [3.63, 3.8) is 0 Å². The van der Waals surface area contributed by atoms with E-state index in [0.29, 0.717) is 21.7 Å². The van der Waals surface area contributed by atoms with Crippen LogP contribution in [0.4, 0.5) is 0 Å². The molecular formula is C23H14Cl2O3. The van der Waals surface area contributed by atoms with Crippen LogP contribution in [0.15, 0.2) is 65.1 Å². The molecule has 0 saturated heterocycles. The van der Waals surface area contributed by atoms with Crippen LogP contribution in [0.3, 0.4) is 0 Å². The highest BCUT2D eigenvalue weighted by Crippen LogP contribution is 2.32. The van der Waals surface area contributed by atoms with E-state index < -0.39 is 0 Å². The molecule has 0 aliphatic rings. The molecule has 3 nitrogen and oxygen atoms in total.